The Balaban J connectivity index is 4.64. The lowest BCUT2D eigenvalue weighted by atomic mass is 10.1. The van der Waals surface area contributed by atoms with E-state index >= 15 is 0 Å². The first-order valence-electron chi connectivity index (χ1n) is 25.0. The number of ether oxygens (including phenoxy) is 3. The number of rotatable bonds is 43. The zero-order valence-corrected chi connectivity index (χ0v) is 40.3. The van der Waals surface area contributed by atoms with Crippen LogP contribution < -0.4 is 0 Å². The van der Waals surface area contributed by atoms with Crippen molar-refractivity contribution in [3.63, 3.8) is 0 Å². The van der Waals surface area contributed by atoms with Gasteiger partial charge in [-0.15, -0.1) is 0 Å². The number of allylic oxidation sites excluding steroid dienone is 20. The van der Waals surface area contributed by atoms with Crippen LogP contribution >= 0.6 is 0 Å². The van der Waals surface area contributed by atoms with E-state index in [1.165, 1.54) is 77.0 Å². The lowest BCUT2D eigenvalue weighted by molar-refractivity contribution is -0.166. The summed E-state index contributed by atoms with van der Waals surface area (Å²) in [5.74, 6) is -1.18. The molecule has 0 heterocycles. The molecule has 0 aliphatic rings. The topological polar surface area (TPSA) is 78.9 Å². The van der Waals surface area contributed by atoms with Crippen LogP contribution in [0.2, 0.25) is 0 Å². The van der Waals surface area contributed by atoms with Crippen LogP contribution in [0.25, 0.3) is 0 Å². The van der Waals surface area contributed by atoms with E-state index in [0.717, 1.165) is 64.2 Å². The summed E-state index contributed by atoms with van der Waals surface area (Å²) in [4.78, 5) is 37.8. The molecule has 0 radical (unpaired) electrons. The molecule has 0 fully saturated rings. The lowest BCUT2D eigenvalue weighted by Gasteiger charge is -2.18. The molecule has 1 atom stereocenters. The van der Waals surface area contributed by atoms with Crippen LogP contribution in [-0.4, -0.2) is 37.2 Å². The number of esters is 3. The van der Waals surface area contributed by atoms with Gasteiger partial charge in [0.25, 0.3) is 0 Å². The molecular weight excluding hydrogens is 781 g/mol. The number of hydrogen-bond acceptors (Lipinski definition) is 6. The molecule has 0 aromatic rings. The summed E-state index contributed by atoms with van der Waals surface area (Å²) < 4.78 is 16.6. The van der Waals surface area contributed by atoms with Crippen molar-refractivity contribution in [3.8, 4) is 0 Å². The van der Waals surface area contributed by atoms with Gasteiger partial charge in [-0.1, -0.05) is 206 Å². The summed E-state index contributed by atoms with van der Waals surface area (Å²) in [5, 5.41) is 0. The molecule has 0 aromatic carbocycles. The van der Waals surface area contributed by atoms with E-state index in [1.54, 1.807) is 0 Å². The maximum atomic E-state index is 12.7. The van der Waals surface area contributed by atoms with Crippen LogP contribution in [0.5, 0.6) is 0 Å². The molecule has 0 bridgehead atoms. The molecule has 1 unspecified atom stereocenters. The maximum absolute atomic E-state index is 12.7. The van der Waals surface area contributed by atoms with Gasteiger partial charge in [0.05, 0.1) is 0 Å². The summed E-state index contributed by atoms with van der Waals surface area (Å²) in [7, 11) is 0. The van der Waals surface area contributed by atoms with Gasteiger partial charge in [0, 0.05) is 19.3 Å². The number of carbonyl (C=O) groups is 3. The van der Waals surface area contributed by atoms with Crippen molar-refractivity contribution in [2.75, 3.05) is 13.2 Å². The zero-order chi connectivity index (χ0) is 45.8. The van der Waals surface area contributed by atoms with E-state index in [1.807, 2.05) is 24.3 Å². The van der Waals surface area contributed by atoms with Crippen LogP contribution in [0.1, 0.15) is 201 Å². The highest BCUT2D eigenvalue weighted by atomic mass is 16.6. The average Bonchev–Trinajstić information content (AvgIpc) is 3.28. The molecule has 0 spiro atoms. The second kappa shape index (κ2) is 50.5. The van der Waals surface area contributed by atoms with Crippen molar-refractivity contribution in [1.29, 1.82) is 0 Å². The third-order valence-corrected chi connectivity index (χ3v) is 9.96. The molecule has 0 saturated heterocycles. The smallest absolute Gasteiger partial charge is 0.306 e. The van der Waals surface area contributed by atoms with E-state index in [-0.39, 0.29) is 44.4 Å². The third kappa shape index (κ3) is 48.7. The van der Waals surface area contributed by atoms with Gasteiger partial charge in [-0.25, -0.2) is 0 Å². The highest BCUT2D eigenvalue weighted by molar-refractivity contribution is 5.71. The molecule has 6 heteroatoms. The van der Waals surface area contributed by atoms with Crippen molar-refractivity contribution in [3.05, 3.63) is 122 Å². The van der Waals surface area contributed by atoms with Crippen molar-refractivity contribution in [1.82, 2.24) is 0 Å². The largest absolute Gasteiger partial charge is 0.462 e. The molecule has 0 amide bonds. The Kier molecular flexibility index (Phi) is 47.1. The van der Waals surface area contributed by atoms with Crippen molar-refractivity contribution >= 4 is 17.9 Å². The Morgan fingerprint density at radius 3 is 0.968 bits per heavy atom. The minimum atomic E-state index is -0.863. The normalized spacial score (nSPS) is 13.1. The van der Waals surface area contributed by atoms with Gasteiger partial charge in [0.15, 0.2) is 6.10 Å². The molecule has 354 valence electrons. The standard InChI is InChI=1S/C57H90O6/c1-4-7-10-13-16-19-22-25-26-27-28-29-30-33-35-38-41-44-47-50-56(59)62-53-54(63-57(60)51-48-45-42-39-36-32-24-21-18-15-12-9-6-3)52-61-55(58)49-46-43-40-37-34-31-23-20-17-14-11-8-5-2/h7,10,16,19,25-26,28-29,31-36,40-45,54H,4-6,8-9,11-15,17-18,20-24,27,30,37-39,46-53H2,1-3H3/b10-7+,19-16+,26-25+,29-28+,34-31+,35-33+,36-32+,43-40+,44-41+,45-42+. The lowest BCUT2D eigenvalue weighted by Crippen LogP contribution is -2.30. The van der Waals surface area contributed by atoms with E-state index in [4.69, 9.17) is 14.2 Å². The number of carbonyl (C=O) groups excluding carboxylic acids is 3. The maximum Gasteiger partial charge on any atom is 0.306 e. The fraction of sp³-hybridized carbons (Fsp3) is 0.596. The molecule has 0 aliphatic carbocycles. The second-order valence-electron chi connectivity index (χ2n) is 16.0. The van der Waals surface area contributed by atoms with Crippen LogP contribution in [0.15, 0.2) is 122 Å². The first-order chi connectivity index (χ1) is 31.0. The van der Waals surface area contributed by atoms with E-state index in [0.29, 0.717) is 19.3 Å². The van der Waals surface area contributed by atoms with Gasteiger partial charge in [-0.2, -0.15) is 0 Å². The SMILES string of the molecule is CC/C=C/C/C=C/C/C=C/C/C=C/C/C=C/C/C=C/CCC(=O)OCC(COC(=O)CC/C=C/C/C=C/CCCCCCCC)OC(=O)CC/C=C/C/C=C/CCCCCCCC. The Morgan fingerprint density at radius 2 is 0.619 bits per heavy atom. The highest BCUT2D eigenvalue weighted by Crippen LogP contribution is 2.10. The molecule has 0 rings (SSSR count). The van der Waals surface area contributed by atoms with Crippen molar-refractivity contribution in [2.24, 2.45) is 0 Å². The van der Waals surface area contributed by atoms with E-state index < -0.39 is 12.1 Å². The monoisotopic (exact) mass is 871 g/mol. The van der Waals surface area contributed by atoms with Crippen LogP contribution in [-0.2, 0) is 28.6 Å². The summed E-state index contributed by atoms with van der Waals surface area (Å²) in [5.41, 5.74) is 0. The Morgan fingerprint density at radius 1 is 0.333 bits per heavy atom. The Hall–Kier alpha value is -4.19. The van der Waals surface area contributed by atoms with Gasteiger partial charge in [-0.05, 0) is 96.3 Å². The minimum absolute atomic E-state index is 0.158. The summed E-state index contributed by atoms with van der Waals surface area (Å²) in [6.45, 7) is 6.31. The van der Waals surface area contributed by atoms with Gasteiger partial charge in [0.2, 0.25) is 0 Å². The van der Waals surface area contributed by atoms with Crippen molar-refractivity contribution in [2.45, 2.75) is 207 Å². The highest BCUT2D eigenvalue weighted by Gasteiger charge is 2.19. The Bertz CT molecular complexity index is 1370. The summed E-state index contributed by atoms with van der Waals surface area (Å²) >= 11 is 0. The van der Waals surface area contributed by atoms with Crippen LogP contribution in [0.3, 0.4) is 0 Å². The first-order valence-corrected chi connectivity index (χ1v) is 25.0. The predicted molar refractivity (Wildman–Crippen MR) is 269 cm³/mol. The second-order valence-corrected chi connectivity index (χ2v) is 16.0. The van der Waals surface area contributed by atoms with Gasteiger partial charge in [-0.3, -0.25) is 14.4 Å². The van der Waals surface area contributed by atoms with E-state index in [2.05, 4.69) is 118 Å². The molecule has 0 aliphatic heterocycles. The fourth-order valence-corrected chi connectivity index (χ4v) is 6.22. The van der Waals surface area contributed by atoms with Gasteiger partial charge < -0.3 is 14.2 Å². The molecular formula is C57H90O6. The molecule has 0 N–H and O–H groups in total. The molecule has 63 heavy (non-hydrogen) atoms. The van der Waals surface area contributed by atoms with Crippen LogP contribution in [0.4, 0.5) is 0 Å². The van der Waals surface area contributed by atoms with Gasteiger partial charge >= 0.3 is 17.9 Å². The van der Waals surface area contributed by atoms with Crippen molar-refractivity contribution < 1.29 is 28.6 Å². The molecule has 6 nitrogen and oxygen atoms in total. The van der Waals surface area contributed by atoms with Crippen LogP contribution in [0, 0.1) is 0 Å². The zero-order valence-electron chi connectivity index (χ0n) is 40.3. The average molecular weight is 871 g/mol. The third-order valence-electron chi connectivity index (χ3n) is 9.96. The molecule has 0 aromatic heterocycles. The number of unbranched alkanes of at least 4 members (excludes halogenated alkanes) is 12. The Labute approximate surface area is 386 Å². The van der Waals surface area contributed by atoms with Gasteiger partial charge in [0.1, 0.15) is 13.2 Å². The fourth-order valence-electron chi connectivity index (χ4n) is 6.22. The first kappa shape index (κ1) is 58.8. The quantitative estimate of drug-likeness (QED) is 0.0263. The predicted octanol–water partition coefficient (Wildman–Crippen LogP) is 16.5. The molecule has 0 saturated carbocycles. The number of hydrogen-bond donors (Lipinski definition) is 0. The summed E-state index contributed by atoms with van der Waals surface area (Å²) in [6, 6.07) is 0. The summed E-state index contributed by atoms with van der Waals surface area (Å²) in [6.07, 6.45) is 69.4. The van der Waals surface area contributed by atoms with E-state index in [9.17, 15) is 14.4 Å². The minimum Gasteiger partial charge on any atom is -0.462 e.